The molecule has 0 atom stereocenters. The number of benzene rings is 2. The molecule has 0 aliphatic heterocycles. The van der Waals surface area contributed by atoms with Gasteiger partial charge < -0.3 is 5.32 Å². The maximum Gasteiger partial charge on any atom is 0.248 e. The molecule has 0 unspecified atom stereocenters. The second-order valence-corrected chi connectivity index (χ2v) is 4.75. The molecule has 0 saturated heterocycles. The molecule has 2 nitrogen and oxygen atoms in total. The quantitative estimate of drug-likeness (QED) is 0.835. The predicted molar refractivity (Wildman–Crippen MR) is 80.0 cm³/mol. The molecule has 0 radical (unpaired) electrons. The highest BCUT2D eigenvalue weighted by molar-refractivity contribution is 6.02. The molecule has 2 rings (SSSR count). The van der Waals surface area contributed by atoms with Crippen LogP contribution in [0.15, 0.2) is 48.5 Å². The van der Waals surface area contributed by atoms with E-state index in [1.807, 2.05) is 32.0 Å². The first kappa shape index (κ1) is 14.0. The molecule has 20 heavy (non-hydrogen) atoms. The number of hydrogen-bond donors (Lipinski definition) is 1. The second-order valence-electron chi connectivity index (χ2n) is 4.75. The Balaban J connectivity index is 2.05. The van der Waals surface area contributed by atoms with Crippen LogP contribution in [-0.2, 0) is 4.79 Å². The van der Waals surface area contributed by atoms with Gasteiger partial charge in [0.2, 0.25) is 5.91 Å². The maximum atomic E-state index is 13.0. The molecule has 1 amide bonds. The SMILES string of the molecule is Cc1cc(C)cc(NC(=O)/C=C/c2cccc(F)c2)c1. The smallest absolute Gasteiger partial charge is 0.248 e. The van der Waals surface area contributed by atoms with Crippen LogP contribution in [0.5, 0.6) is 0 Å². The van der Waals surface area contributed by atoms with E-state index in [1.54, 1.807) is 18.2 Å². The third-order valence-electron chi connectivity index (χ3n) is 2.77. The summed E-state index contributed by atoms with van der Waals surface area (Å²) >= 11 is 0. The van der Waals surface area contributed by atoms with Crippen LogP contribution in [0.2, 0.25) is 0 Å². The van der Waals surface area contributed by atoms with Crippen LogP contribution >= 0.6 is 0 Å². The number of anilines is 1. The Morgan fingerprint density at radius 3 is 2.45 bits per heavy atom. The normalized spacial score (nSPS) is 10.8. The highest BCUT2D eigenvalue weighted by atomic mass is 19.1. The Labute approximate surface area is 118 Å². The molecule has 0 aliphatic carbocycles. The van der Waals surface area contributed by atoms with E-state index in [0.717, 1.165) is 16.8 Å². The van der Waals surface area contributed by atoms with Gasteiger partial charge in [0, 0.05) is 11.8 Å². The average Bonchev–Trinajstić information content (AvgIpc) is 2.35. The Morgan fingerprint density at radius 1 is 1.10 bits per heavy atom. The second kappa shape index (κ2) is 6.15. The van der Waals surface area contributed by atoms with Crippen molar-refractivity contribution in [1.82, 2.24) is 0 Å². The molecule has 2 aromatic rings. The summed E-state index contributed by atoms with van der Waals surface area (Å²) in [6.07, 6.45) is 2.98. The average molecular weight is 269 g/mol. The molecule has 0 spiro atoms. The van der Waals surface area contributed by atoms with Crippen molar-refractivity contribution >= 4 is 17.7 Å². The van der Waals surface area contributed by atoms with Gasteiger partial charge in [-0.2, -0.15) is 0 Å². The molecule has 0 heterocycles. The number of amides is 1. The summed E-state index contributed by atoms with van der Waals surface area (Å²) in [6.45, 7) is 3.95. The topological polar surface area (TPSA) is 29.1 Å². The fraction of sp³-hybridized carbons (Fsp3) is 0.118. The molecular weight excluding hydrogens is 253 g/mol. The number of nitrogens with one attached hydrogen (secondary N) is 1. The highest BCUT2D eigenvalue weighted by Gasteiger charge is 2.00. The van der Waals surface area contributed by atoms with E-state index in [4.69, 9.17) is 0 Å². The van der Waals surface area contributed by atoms with E-state index in [0.29, 0.717) is 5.56 Å². The zero-order chi connectivity index (χ0) is 14.5. The van der Waals surface area contributed by atoms with E-state index in [2.05, 4.69) is 5.32 Å². The summed E-state index contributed by atoms with van der Waals surface area (Å²) in [4.78, 5) is 11.8. The first-order chi connectivity index (χ1) is 9.52. The zero-order valence-electron chi connectivity index (χ0n) is 11.5. The Hall–Kier alpha value is -2.42. The van der Waals surface area contributed by atoms with Gasteiger partial charge in [-0.25, -0.2) is 4.39 Å². The van der Waals surface area contributed by atoms with Crippen molar-refractivity contribution in [1.29, 1.82) is 0 Å². The standard InChI is InChI=1S/C17H16FNO/c1-12-8-13(2)10-16(9-12)19-17(20)7-6-14-4-3-5-15(18)11-14/h3-11H,1-2H3,(H,19,20)/b7-6+. The lowest BCUT2D eigenvalue weighted by Crippen LogP contribution is -2.08. The van der Waals surface area contributed by atoms with Crippen molar-refractivity contribution in [3.05, 3.63) is 71.0 Å². The Morgan fingerprint density at radius 2 is 1.80 bits per heavy atom. The van der Waals surface area contributed by atoms with Crippen molar-refractivity contribution in [2.24, 2.45) is 0 Å². The molecule has 1 N–H and O–H groups in total. The highest BCUT2D eigenvalue weighted by Crippen LogP contribution is 2.14. The van der Waals surface area contributed by atoms with Gasteiger partial charge in [0.25, 0.3) is 0 Å². The van der Waals surface area contributed by atoms with Gasteiger partial charge in [0.15, 0.2) is 0 Å². The van der Waals surface area contributed by atoms with Crippen molar-refractivity contribution < 1.29 is 9.18 Å². The van der Waals surface area contributed by atoms with E-state index in [-0.39, 0.29) is 11.7 Å². The van der Waals surface area contributed by atoms with E-state index in [9.17, 15) is 9.18 Å². The molecule has 2 aromatic carbocycles. The number of carbonyl (C=O) groups is 1. The number of rotatable bonds is 3. The summed E-state index contributed by atoms with van der Waals surface area (Å²) in [5.74, 6) is -0.555. The first-order valence-corrected chi connectivity index (χ1v) is 6.36. The van der Waals surface area contributed by atoms with Crippen LogP contribution in [0.4, 0.5) is 10.1 Å². The lowest BCUT2D eigenvalue weighted by Gasteiger charge is -2.05. The summed E-state index contributed by atoms with van der Waals surface area (Å²) in [6, 6.07) is 11.9. The molecule has 102 valence electrons. The third-order valence-corrected chi connectivity index (χ3v) is 2.77. The van der Waals surface area contributed by atoms with Crippen LogP contribution in [0, 0.1) is 19.7 Å². The van der Waals surface area contributed by atoms with Crippen molar-refractivity contribution in [2.45, 2.75) is 13.8 Å². The van der Waals surface area contributed by atoms with Crippen LogP contribution in [0.25, 0.3) is 6.08 Å². The first-order valence-electron chi connectivity index (χ1n) is 6.36. The number of carbonyl (C=O) groups excluding carboxylic acids is 1. The number of hydrogen-bond acceptors (Lipinski definition) is 1. The van der Waals surface area contributed by atoms with E-state index in [1.165, 1.54) is 18.2 Å². The van der Waals surface area contributed by atoms with Crippen molar-refractivity contribution in [3.8, 4) is 0 Å². The minimum atomic E-state index is -0.318. The summed E-state index contributed by atoms with van der Waals surface area (Å²) < 4.78 is 13.0. The lowest BCUT2D eigenvalue weighted by atomic mass is 10.1. The van der Waals surface area contributed by atoms with Gasteiger partial charge in [-0.15, -0.1) is 0 Å². The summed E-state index contributed by atoms with van der Waals surface area (Å²) in [7, 11) is 0. The van der Waals surface area contributed by atoms with Crippen molar-refractivity contribution in [2.75, 3.05) is 5.32 Å². The fourth-order valence-corrected chi connectivity index (χ4v) is 2.01. The Kier molecular flexibility index (Phi) is 4.31. The molecule has 0 fully saturated rings. The van der Waals surface area contributed by atoms with Gasteiger partial charge in [0.1, 0.15) is 5.82 Å². The minimum Gasteiger partial charge on any atom is -0.322 e. The van der Waals surface area contributed by atoms with Crippen LogP contribution in [0.3, 0.4) is 0 Å². The van der Waals surface area contributed by atoms with Crippen LogP contribution in [0.1, 0.15) is 16.7 Å². The molecule has 0 aromatic heterocycles. The van der Waals surface area contributed by atoms with Gasteiger partial charge in [-0.1, -0.05) is 18.2 Å². The predicted octanol–water partition coefficient (Wildman–Crippen LogP) is 4.09. The molecule has 0 bridgehead atoms. The molecule has 0 saturated carbocycles. The largest absolute Gasteiger partial charge is 0.322 e. The van der Waals surface area contributed by atoms with Gasteiger partial charge in [-0.3, -0.25) is 4.79 Å². The summed E-state index contributed by atoms with van der Waals surface area (Å²) in [5.41, 5.74) is 3.60. The summed E-state index contributed by atoms with van der Waals surface area (Å²) in [5, 5.41) is 2.79. The molecule has 0 aliphatic rings. The molecule has 3 heteroatoms. The zero-order valence-corrected chi connectivity index (χ0v) is 11.5. The maximum absolute atomic E-state index is 13.0. The van der Waals surface area contributed by atoms with Gasteiger partial charge in [0.05, 0.1) is 0 Å². The molecular formula is C17H16FNO. The Bertz CT molecular complexity index is 642. The van der Waals surface area contributed by atoms with E-state index >= 15 is 0 Å². The van der Waals surface area contributed by atoms with Crippen LogP contribution < -0.4 is 5.32 Å². The van der Waals surface area contributed by atoms with E-state index < -0.39 is 0 Å². The monoisotopic (exact) mass is 269 g/mol. The van der Waals surface area contributed by atoms with Gasteiger partial charge in [-0.05, 0) is 60.9 Å². The third kappa shape index (κ3) is 4.05. The van der Waals surface area contributed by atoms with Crippen LogP contribution in [-0.4, -0.2) is 5.91 Å². The lowest BCUT2D eigenvalue weighted by molar-refractivity contribution is -0.111. The van der Waals surface area contributed by atoms with Gasteiger partial charge >= 0.3 is 0 Å². The number of halogens is 1. The fourth-order valence-electron chi connectivity index (χ4n) is 2.01. The van der Waals surface area contributed by atoms with Crippen molar-refractivity contribution in [3.63, 3.8) is 0 Å². The minimum absolute atomic E-state index is 0.237. The number of aryl methyl sites for hydroxylation is 2.